The van der Waals surface area contributed by atoms with Crippen LogP contribution >= 0.6 is 23.7 Å². The first kappa shape index (κ1) is 26.7. The van der Waals surface area contributed by atoms with Crippen LogP contribution in [0.5, 0.6) is 5.75 Å². The molecule has 3 atom stereocenters. The standard InChI is InChI=1S/C23H21F4N3O3S.ClH/c24-20-16(23(25,26)27)3-1-5-19(20)33-14-6-7-15(21(31)32)13(11-14)12-18-17(4-2-8-28-18)30-22-29-9-10-34-22;/h1-5,8-10,13-15H,6-7,11-12H2,(H,29,30)(H,31,32);1H/t13?,14-,15?;/m0./s1. The molecule has 2 heterocycles. The molecule has 6 nitrogen and oxygen atoms in total. The van der Waals surface area contributed by atoms with Gasteiger partial charge in [0.1, 0.15) is 0 Å². The topological polar surface area (TPSA) is 84.3 Å². The van der Waals surface area contributed by atoms with Gasteiger partial charge in [-0.05, 0) is 55.9 Å². The number of halogens is 5. The van der Waals surface area contributed by atoms with Gasteiger partial charge in [0, 0.05) is 17.8 Å². The van der Waals surface area contributed by atoms with Crippen LogP contribution in [0.3, 0.4) is 0 Å². The minimum atomic E-state index is -4.84. The first-order chi connectivity index (χ1) is 16.2. The summed E-state index contributed by atoms with van der Waals surface area (Å²) in [6, 6.07) is 6.46. The molecule has 0 saturated heterocycles. The lowest BCUT2D eigenvalue weighted by Crippen LogP contribution is -2.36. The number of ether oxygens (including phenoxy) is 1. The SMILES string of the molecule is Cl.O=C(O)C1CC[C@H](Oc2cccc(C(F)(F)F)c2F)CC1Cc1ncccc1Nc1nccs1. The van der Waals surface area contributed by atoms with E-state index in [1.54, 1.807) is 18.5 Å². The summed E-state index contributed by atoms with van der Waals surface area (Å²) in [5.41, 5.74) is -0.0689. The van der Waals surface area contributed by atoms with Crippen molar-refractivity contribution in [2.24, 2.45) is 11.8 Å². The summed E-state index contributed by atoms with van der Waals surface area (Å²) >= 11 is 1.40. The van der Waals surface area contributed by atoms with Crippen LogP contribution in [-0.4, -0.2) is 27.1 Å². The number of pyridine rings is 1. The maximum absolute atomic E-state index is 14.4. The zero-order valence-electron chi connectivity index (χ0n) is 18.2. The predicted octanol–water partition coefficient (Wildman–Crippen LogP) is 6.35. The fourth-order valence-corrected chi connectivity index (χ4v) is 4.78. The Morgan fingerprint density at radius 3 is 2.66 bits per heavy atom. The highest BCUT2D eigenvalue weighted by molar-refractivity contribution is 7.13. The Labute approximate surface area is 208 Å². The lowest BCUT2D eigenvalue weighted by atomic mass is 9.75. The van der Waals surface area contributed by atoms with Crippen molar-refractivity contribution >= 4 is 40.5 Å². The van der Waals surface area contributed by atoms with E-state index in [-0.39, 0.29) is 31.7 Å². The third-order valence-electron chi connectivity index (χ3n) is 5.83. The first-order valence-corrected chi connectivity index (χ1v) is 11.5. The third kappa shape index (κ3) is 6.40. The molecule has 3 aromatic rings. The molecule has 2 N–H and O–H groups in total. The quantitative estimate of drug-likeness (QED) is 0.345. The number of rotatable bonds is 7. The highest BCUT2D eigenvalue weighted by Gasteiger charge is 2.38. The third-order valence-corrected chi connectivity index (χ3v) is 6.52. The van der Waals surface area contributed by atoms with Crippen LogP contribution < -0.4 is 10.1 Å². The maximum atomic E-state index is 14.4. The number of alkyl halides is 3. The lowest BCUT2D eigenvalue weighted by Gasteiger charge is -2.34. The number of hydrogen-bond donors (Lipinski definition) is 2. The Kier molecular flexibility index (Phi) is 8.55. The molecule has 35 heavy (non-hydrogen) atoms. The van der Waals surface area contributed by atoms with Gasteiger partial charge in [-0.15, -0.1) is 23.7 Å². The van der Waals surface area contributed by atoms with Crippen LogP contribution in [0.4, 0.5) is 28.4 Å². The van der Waals surface area contributed by atoms with E-state index in [0.29, 0.717) is 29.0 Å². The van der Waals surface area contributed by atoms with E-state index in [9.17, 15) is 27.5 Å². The molecule has 0 bridgehead atoms. The molecule has 12 heteroatoms. The van der Waals surface area contributed by atoms with Crippen molar-refractivity contribution in [1.29, 1.82) is 0 Å². The van der Waals surface area contributed by atoms with Crippen molar-refractivity contribution in [3.05, 3.63) is 65.2 Å². The Morgan fingerprint density at radius 1 is 1.17 bits per heavy atom. The van der Waals surface area contributed by atoms with Crippen LogP contribution in [0.2, 0.25) is 0 Å². The average molecular weight is 532 g/mol. The Hall–Kier alpha value is -2.92. The number of nitrogens with one attached hydrogen (secondary N) is 1. The van der Waals surface area contributed by atoms with Crippen molar-refractivity contribution in [2.75, 3.05) is 5.32 Å². The van der Waals surface area contributed by atoms with E-state index >= 15 is 0 Å². The molecule has 1 aromatic carbocycles. The monoisotopic (exact) mass is 531 g/mol. The van der Waals surface area contributed by atoms with Crippen LogP contribution in [0.1, 0.15) is 30.5 Å². The van der Waals surface area contributed by atoms with Crippen molar-refractivity contribution in [2.45, 2.75) is 38.0 Å². The molecule has 0 aliphatic heterocycles. The molecule has 2 unspecified atom stereocenters. The summed E-state index contributed by atoms with van der Waals surface area (Å²) in [4.78, 5) is 20.5. The van der Waals surface area contributed by atoms with Gasteiger partial charge in [0.15, 0.2) is 16.7 Å². The summed E-state index contributed by atoms with van der Waals surface area (Å²) in [5.74, 6) is -4.00. The van der Waals surface area contributed by atoms with E-state index in [2.05, 4.69) is 15.3 Å². The largest absolute Gasteiger partial charge is 0.487 e. The minimum Gasteiger partial charge on any atom is -0.487 e. The number of anilines is 2. The number of hydrogen-bond acceptors (Lipinski definition) is 6. The zero-order chi connectivity index (χ0) is 24.3. The number of thiazole rings is 1. The number of aromatic nitrogens is 2. The number of aliphatic carboxylic acids is 1. The average Bonchev–Trinajstić information content (AvgIpc) is 3.29. The van der Waals surface area contributed by atoms with Crippen LogP contribution in [0, 0.1) is 17.7 Å². The van der Waals surface area contributed by atoms with Crippen molar-refractivity contribution in [3.63, 3.8) is 0 Å². The summed E-state index contributed by atoms with van der Waals surface area (Å²) in [5, 5.41) is 15.4. The van der Waals surface area contributed by atoms with E-state index in [1.807, 2.05) is 11.4 Å². The van der Waals surface area contributed by atoms with Gasteiger partial charge < -0.3 is 15.2 Å². The summed E-state index contributed by atoms with van der Waals surface area (Å²) in [7, 11) is 0. The molecular formula is C23H22ClF4N3O3S. The van der Waals surface area contributed by atoms with Gasteiger partial charge in [-0.1, -0.05) is 6.07 Å². The van der Waals surface area contributed by atoms with E-state index in [4.69, 9.17) is 4.74 Å². The summed E-state index contributed by atoms with van der Waals surface area (Å²) in [6.07, 6.45) is -1.13. The first-order valence-electron chi connectivity index (χ1n) is 10.6. The molecule has 1 aliphatic carbocycles. The Balaban J connectivity index is 0.00000342. The van der Waals surface area contributed by atoms with Gasteiger partial charge in [-0.25, -0.2) is 9.37 Å². The molecule has 2 aromatic heterocycles. The molecule has 0 spiro atoms. The minimum absolute atomic E-state index is 0. The summed E-state index contributed by atoms with van der Waals surface area (Å²) in [6.45, 7) is 0. The van der Waals surface area contributed by atoms with Gasteiger partial charge in [0.05, 0.1) is 29.0 Å². The fraction of sp³-hybridized carbons (Fsp3) is 0.348. The van der Waals surface area contributed by atoms with Crippen molar-refractivity contribution in [3.8, 4) is 5.75 Å². The second-order valence-electron chi connectivity index (χ2n) is 8.04. The number of benzene rings is 1. The molecule has 0 amide bonds. The van der Waals surface area contributed by atoms with E-state index in [1.165, 1.54) is 11.3 Å². The molecule has 0 radical (unpaired) electrons. The molecule has 188 valence electrons. The van der Waals surface area contributed by atoms with E-state index < -0.39 is 47.2 Å². The van der Waals surface area contributed by atoms with Gasteiger partial charge >= 0.3 is 12.1 Å². The second-order valence-corrected chi connectivity index (χ2v) is 8.93. The highest BCUT2D eigenvalue weighted by atomic mass is 35.5. The van der Waals surface area contributed by atoms with Crippen molar-refractivity contribution < 1.29 is 32.2 Å². The predicted molar refractivity (Wildman–Crippen MR) is 125 cm³/mol. The van der Waals surface area contributed by atoms with Crippen molar-refractivity contribution in [1.82, 2.24) is 9.97 Å². The van der Waals surface area contributed by atoms with E-state index in [0.717, 1.165) is 12.1 Å². The smallest absolute Gasteiger partial charge is 0.419 e. The van der Waals surface area contributed by atoms with Gasteiger partial charge in [0.2, 0.25) is 0 Å². The number of carboxylic acid groups (broad SMARTS) is 1. The highest BCUT2D eigenvalue weighted by Crippen LogP contribution is 2.39. The zero-order valence-corrected chi connectivity index (χ0v) is 19.8. The van der Waals surface area contributed by atoms with Crippen LogP contribution in [0.25, 0.3) is 0 Å². The molecule has 4 rings (SSSR count). The normalized spacial score (nSPS) is 20.1. The van der Waals surface area contributed by atoms with Gasteiger partial charge in [-0.2, -0.15) is 13.2 Å². The second kappa shape index (κ2) is 11.2. The number of carboxylic acids is 1. The Morgan fingerprint density at radius 2 is 1.97 bits per heavy atom. The fourth-order valence-electron chi connectivity index (χ4n) is 4.24. The van der Waals surface area contributed by atoms with Crippen LogP contribution in [-0.2, 0) is 17.4 Å². The molecular weight excluding hydrogens is 510 g/mol. The molecule has 1 aliphatic rings. The maximum Gasteiger partial charge on any atom is 0.419 e. The summed E-state index contributed by atoms with van der Waals surface area (Å²) < 4.78 is 59.2. The molecule has 1 fully saturated rings. The Bertz CT molecular complexity index is 1150. The van der Waals surface area contributed by atoms with Crippen LogP contribution in [0.15, 0.2) is 48.1 Å². The van der Waals surface area contributed by atoms with Gasteiger partial charge in [0.25, 0.3) is 0 Å². The number of carbonyl (C=O) groups is 1. The number of nitrogens with zero attached hydrogens (tertiary/aromatic N) is 2. The van der Waals surface area contributed by atoms with Gasteiger partial charge in [-0.3, -0.25) is 9.78 Å². The lowest BCUT2D eigenvalue weighted by molar-refractivity contribution is -0.146. The molecule has 1 saturated carbocycles.